The van der Waals surface area contributed by atoms with Crippen molar-refractivity contribution in [3.63, 3.8) is 0 Å². The van der Waals surface area contributed by atoms with Gasteiger partial charge in [-0.25, -0.2) is 0 Å². The van der Waals surface area contributed by atoms with Gasteiger partial charge in [-0.3, -0.25) is 14.6 Å². The van der Waals surface area contributed by atoms with Gasteiger partial charge in [-0.2, -0.15) is 0 Å². The molecule has 1 heterocycles. The summed E-state index contributed by atoms with van der Waals surface area (Å²) in [4.78, 5) is 28.1. The molecule has 1 N–H and O–H groups in total. The number of benzene rings is 2. The largest absolute Gasteiger partial charge is 0.481 e. The van der Waals surface area contributed by atoms with Gasteiger partial charge < -0.3 is 10.1 Å². The van der Waals surface area contributed by atoms with E-state index in [0.29, 0.717) is 16.3 Å². The van der Waals surface area contributed by atoms with E-state index >= 15 is 0 Å². The number of carbonyl (C=O) groups is 2. The van der Waals surface area contributed by atoms with Gasteiger partial charge in [0.15, 0.2) is 5.78 Å². The molecule has 29 heavy (non-hydrogen) atoms. The van der Waals surface area contributed by atoms with Crippen LogP contribution in [0.5, 0.6) is 5.75 Å². The Labute approximate surface area is 174 Å². The summed E-state index contributed by atoms with van der Waals surface area (Å²) in [6.45, 7) is 0.417. The molecule has 0 aliphatic carbocycles. The molecule has 0 fully saturated rings. The zero-order valence-corrected chi connectivity index (χ0v) is 16.4. The highest BCUT2D eigenvalue weighted by Crippen LogP contribution is 2.18. The molecule has 0 radical (unpaired) electrons. The lowest BCUT2D eigenvalue weighted by Crippen LogP contribution is -2.24. The first-order valence-corrected chi connectivity index (χ1v) is 9.48. The molecular weight excluding hydrogens is 388 g/mol. The van der Waals surface area contributed by atoms with E-state index in [0.717, 1.165) is 10.9 Å². The Balaban J connectivity index is 1.35. The van der Waals surface area contributed by atoms with Crippen LogP contribution >= 0.6 is 11.6 Å². The fourth-order valence-corrected chi connectivity index (χ4v) is 2.73. The number of ether oxygens (including phenoxy) is 1. The summed E-state index contributed by atoms with van der Waals surface area (Å²) in [5, 5.41) is 4.28. The highest BCUT2D eigenvalue weighted by Gasteiger charge is 2.08. The number of carbonyl (C=O) groups excluding carboxylic acids is 2. The van der Waals surface area contributed by atoms with Crippen LogP contribution in [-0.2, 0) is 4.79 Å². The minimum absolute atomic E-state index is 0.0961. The Morgan fingerprint density at radius 2 is 1.86 bits per heavy atom. The summed E-state index contributed by atoms with van der Waals surface area (Å²) < 4.78 is 5.58. The summed E-state index contributed by atoms with van der Waals surface area (Å²) in [6, 6.07) is 16.1. The van der Waals surface area contributed by atoms with Gasteiger partial charge in [-0.15, -0.1) is 0 Å². The number of amides is 1. The summed E-state index contributed by atoms with van der Waals surface area (Å²) in [7, 11) is 0. The van der Waals surface area contributed by atoms with E-state index in [9.17, 15) is 9.59 Å². The van der Waals surface area contributed by atoms with Crippen LogP contribution in [-0.4, -0.2) is 29.8 Å². The average Bonchev–Trinajstić information content (AvgIpc) is 2.75. The monoisotopic (exact) mass is 406 g/mol. The molecule has 1 aromatic heterocycles. The number of Topliss-reactive ketones (excluding diaryl/α,β-unsaturated/α-hetero) is 1. The second-order valence-corrected chi connectivity index (χ2v) is 6.64. The zero-order valence-electron chi connectivity index (χ0n) is 15.7. The van der Waals surface area contributed by atoms with Crippen molar-refractivity contribution in [2.75, 3.05) is 13.2 Å². The van der Waals surface area contributed by atoms with Crippen LogP contribution in [0.25, 0.3) is 10.9 Å². The van der Waals surface area contributed by atoms with Crippen molar-refractivity contribution >= 4 is 34.2 Å². The zero-order chi connectivity index (χ0) is 20.5. The lowest BCUT2D eigenvalue weighted by molar-refractivity contribution is -0.120. The summed E-state index contributed by atoms with van der Waals surface area (Å²) in [5.74, 6) is 6.05. The van der Waals surface area contributed by atoms with Crippen LogP contribution in [0.1, 0.15) is 23.2 Å². The lowest BCUT2D eigenvalue weighted by Gasteiger charge is -2.03. The minimum atomic E-state index is -0.219. The Kier molecular flexibility index (Phi) is 7.21. The number of pyridine rings is 1. The van der Waals surface area contributed by atoms with Crippen molar-refractivity contribution in [1.29, 1.82) is 0 Å². The molecule has 0 aliphatic rings. The number of fused-ring (bicyclic) bond motifs is 1. The molecular formula is C23H19ClN2O3. The Morgan fingerprint density at radius 1 is 1.03 bits per heavy atom. The molecule has 6 heteroatoms. The molecule has 3 rings (SSSR count). The van der Waals surface area contributed by atoms with Gasteiger partial charge in [0.1, 0.15) is 12.4 Å². The smallest absolute Gasteiger partial charge is 0.221 e. The number of rotatable bonds is 7. The third-order valence-corrected chi connectivity index (χ3v) is 4.38. The first-order valence-electron chi connectivity index (χ1n) is 9.10. The van der Waals surface area contributed by atoms with Crippen LogP contribution in [0.3, 0.4) is 0 Å². The molecule has 0 saturated heterocycles. The average molecular weight is 407 g/mol. The molecule has 0 bridgehead atoms. The third-order valence-electron chi connectivity index (χ3n) is 4.13. The molecule has 5 nitrogen and oxygen atoms in total. The first kappa shape index (κ1) is 20.4. The predicted octanol–water partition coefficient (Wildman–Crippen LogP) is 4.05. The summed E-state index contributed by atoms with van der Waals surface area (Å²) in [6.07, 6.45) is 1.99. The molecule has 0 unspecified atom stereocenters. The van der Waals surface area contributed by atoms with Gasteiger partial charge in [-0.1, -0.05) is 29.5 Å². The molecule has 0 saturated carbocycles. The van der Waals surface area contributed by atoms with Crippen molar-refractivity contribution < 1.29 is 14.3 Å². The van der Waals surface area contributed by atoms with Crippen molar-refractivity contribution in [1.82, 2.24) is 10.3 Å². The molecule has 1 amide bonds. The van der Waals surface area contributed by atoms with Gasteiger partial charge >= 0.3 is 0 Å². The third kappa shape index (κ3) is 6.34. The van der Waals surface area contributed by atoms with Gasteiger partial charge in [0, 0.05) is 41.1 Å². The Hall–Kier alpha value is -3.36. The van der Waals surface area contributed by atoms with E-state index in [2.05, 4.69) is 22.1 Å². The highest BCUT2D eigenvalue weighted by atomic mass is 35.5. The standard InChI is InChI=1S/C23H19ClN2O3/c24-19-8-5-18(6-9-19)22(27)11-12-23(28)26-13-1-2-15-29-20-10-7-17-4-3-14-25-21(17)16-20/h3-10,14,16H,11-13,15H2,(H,26,28). The SMILES string of the molecule is O=C(CCC(=O)c1ccc(Cl)cc1)NCC#CCOc1ccc2cccnc2c1. The maximum Gasteiger partial charge on any atom is 0.221 e. The maximum absolute atomic E-state index is 12.0. The van der Waals surface area contributed by atoms with Gasteiger partial charge in [-0.05, 0) is 42.5 Å². The summed E-state index contributed by atoms with van der Waals surface area (Å²) in [5.41, 5.74) is 1.40. The van der Waals surface area contributed by atoms with E-state index < -0.39 is 0 Å². The molecule has 3 aromatic rings. The Morgan fingerprint density at radius 3 is 2.69 bits per heavy atom. The van der Waals surface area contributed by atoms with Crippen LogP contribution in [0.2, 0.25) is 5.02 Å². The van der Waals surface area contributed by atoms with Gasteiger partial charge in [0.25, 0.3) is 0 Å². The van der Waals surface area contributed by atoms with Crippen LogP contribution < -0.4 is 10.1 Å². The van der Waals surface area contributed by atoms with Crippen LogP contribution in [0, 0.1) is 11.8 Å². The van der Waals surface area contributed by atoms with E-state index in [1.165, 1.54) is 0 Å². The number of nitrogens with zero attached hydrogens (tertiary/aromatic N) is 1. The second kappa shape index (κ2) is 10.3. The number of ketones is 1. The number of aromatic nitrogens is 1. The second-order valence-electron chi connectivity index (χ2n) is 6.21. The maximum atomic E-state index is 12.0. The van der Waals surface area contributed by atoms with Crippen molar-refractivity contribution in [3.05, 3.63) is 71.4 Å². The fourth-order valence-electron chi connectivity index (χ4n) is 2.61. The summed E-state index contributed by atoms with van der Waals surface area (Å²) >= 11 is 5.80. The van der Waals surface area contributed by atoms with E-state index in [-0.39, 0.29) is 37.7 Å². The molecule has 0 spiro atoms. The van der Waals surface area contributed by atoms with Crippen LogP contribution in [0.4, 0.5) is 0 Å². The quantitative estimate of drug-likeness (QED) is 0.474. The number of hydrogen-bond donors (Lipinski definition) is 1. The minimum Gasteiger partial charge on any atom is -0.481 e. The van der Waals surface area contributed by atoms with E-state index in [4.69, 9.17) is 16.3 Å². The van der Waals surface area contributed by atoms with Gasteiger partial charge in [0.05, 0.1) is 12.1 Å². The number of halogens is 1. The lowest BCUT2D eigenvalue weighted by atomic mass is 10.1. The van der Waals surface area contributed by atoms with E-state index in [1.807, 2.05) is 30.3 Å². The number of hydrogen-bond acceptors (Lipinski definition) is 4. The fraction of sp³-hybridized carbons (Fsp3) is 0.174. The highest BCUT2D eigenvalue weighted by molar-refractivity contribution is 6.30. The van der Waals surface area contributed by atoms with E-state index in [1.54, 1.807) is 30.5 Å². The molecule has 2 aromatic carbocycles. The van der Waals surface area contributed by atoms with Crippen LogP contribution in [0.15, 0.2) is 60.8 Å². The Bertz CT molecular complexity index is 1070. The number of nitrogens with one attached hydrogen (secondary N) is 1. The topological polar surface area (TPSA) is 68.3 Å². The van der Waals surface area contributed by atoms with Crippen molar-refractivity contribution in [2.45, 2.75) is 12.8 Å². The van der Waals surface area contributed by atoms with Crippen molar-refractivity contribution in [3.8, 4) is 17.6 Å². The normalized spacial score (nSPS) is 10.1. The van der Waals surface area contributed by atoms with Gasteiger partial charge in [0.2, 0.25) is 5.91 Å². The molecule has 0 aliphatic heterocycles. The first-order chi connectivity index (χ1) is 14.1. The predicted molar refractivity (Wildman–Crippen MR) is 113 cm³/mol. The van der Waals surface area contributed by atoms with Crippen molar-refractivity contribution in [2.24, 2.45) is 0 Å². The molecule has 146 valence electrons. The molecule has 0 atom stereocenters.